The lowest BCUT2D eigenvalue weighted by atomic mass is 9.83. The standard InChI is InChI=1S/C26H36N2O5S/c1-16(2)13-26(24(30)31)14-18(15-32-6)21(22-27-10-11-34-22)28(26)23(29)17-8-9-19(25(3,4)5)20(12-17)33-7/h8-12,16,18,21H,13-15H2,1-7H3,(H,30,31)/t18-,21+,26-/m0/s1. The molecular weight excluding hydrogens is 452 g/mol. The van der Waals surface area contributed by atoms with Crippen LogP contribution in [0.25, 0.3) is 0 Å². The maximum absolute atomic E-state index is 14.2. The van der Waals surface area contributed by atoms with E-state index in [0.717, 1.165) is 10.6 Å². The van der Waals surface area contributed by atoms with Gasteiger partial charge in [0.25, 0.3) is 5.91 Å². The van der Waals surface area contributed by atoms with Gasteiger partial charge in [-0.3, -0.25) is 4.79 Å². The number of carbonyl (C=O) groups excluding carboxylic acids is 1. The molecule has 1 amide bonds. The zero-order valence-corrected chi connectivity index (χ0v) is 21.9. The molecule has 186 valence electrons. The average molecular weight is 489 g/mol. The smallest absolute Gasteiger partial charge is 0.329 e. The van der Waals surface area contributed by atoms with Gasteiger partial charge >= 0.3 is 5.97 Å². The van der Waals surface area contributed by atoms with E-state index < -0.39 is 17.6 Å². The van der Waals surface area contributed by atoms with Crippen molar-refractivity contribution in [3.8, 4) is 5.75 Å². The van der Waals surface area contributed by atoms with Crippen LogP contribution in [0.1, 0.15) is 74.4 Å². The number of thiazole rings is 1. The normalized spacial score (nSPS) is 22.9. The molecule has 34 heavy (non-hydrogen) atoms. The highest BCUT2D eigenvalue weighted by Crippen LogP contribution is 2.51. The van der Waals surface area contributed by atoms with Crippen LogP contribution >= 0.6 is 11.3 Å². The topological polar surface area (TPSA) is 89.0 Å². The number of ether oxygens (including phenoxy) is 2. The molecule has 1 aliphatic heterocycles. The van der Waals surface area contributed by atoms with Gasteiger partial charge in [-0.2, -0.15) is 0 Å². The summed E-state index contributed by atoms with van der Waals surface area (Å²) >= 11 is 1.43. The zero-order chi connectivity index (χ0) is 25.3. The Labute approximate surface area is 206 Å². The Bertz CT molecular complexity index is 1010. The first-order valence-corrected chi connectivity index (χ1v) is 12.5. The maximum atomic E-state index is 14.2. The molecule has 1 fully saturated rings. The molecule has 0 spiro atoms. The largest absolute Gasteiger partial charge is 0.496 e. The number of aliphatic carboxylic acids is 1. The molecule has 0 radical (unpaired) electrons. The Morgan fingerprint density at radius 1 is 1.29 bits per heavy atom. The third kappa shape index (κ3) is 4.84. The van der Waals surface area contributed by atoms with Crippen molar-refractivity contribution < 1.29 is 24.2 Å². The molecular formula is C26H36N2O5S. The first-order chi connectivity index (χ1) is 16.0. The van der Waals surface area contributed by atoms with Gasteiger partial charge in [-0.15, -0.1) is 11.3 Å². The van der Waals surface area contributed by atoms with Gasteiger partial charge in [-0.1, -0.05) is 40.7 Å². The van der Waals surface area contributed by atoms with E-state index in [0.29, 0.717) is 30.8 Å². The van der Waals surface area contributed by atoms with Gasteiger partial charge in [0.15, 0.2) is 0 Å². The Morgan fingerprint density at radius 3 is 2.50 bits per heavy atom. The number of benzene rings is 1. The number of hydrogen-bond donors (Lipinski definition) is 1. The van der Waals surface area contributed by atoms with E-state index in [1.54, 1.807) is 37.4 Å². The van der Waals surface area contributed by atoms with E-state index in [2.05, 4.69) is 25.8 Å². The Balaban J connectivity index is 2.19. The molecule has 2 heterocycles. The molecule has 0 unspecified atom stereocenters. The number of methoxy groups -OCH3 is 2. The van der Waals surface area contributed by atoms with Crippen LogP contribution in [-0.4, -0.2) is 53.2 Å². The molecule has 1 N–H and O–H groups in total. The molecule has 0 saturated carbocycles. The van der Waals surface area contributed by atoms with E-state index in [1.807, 2.05) is 25.3 Å². The monoisotopic (exact) mass is 488 g/mol. The van der Waals surface area contributed by atoms with Crippen LogP contribution in [0.15, 0.2) is 29.8 Å². The van der Waals surface area contributed by atoms with Crippen molar-refractivity contribution in [3.63, 3.8) is 0 Å². The molecule has 0 aliphatic carbocycles. The van der Waals surface area contributed by atoms with Crippen LogP contribution in [0.3, 0.4) is 0 Å². The second kappa shape index (κ2) is 10.0. The van der Waals surface area contributed by atoms with Crippen LogP contribution in [0.4, 0.5) is 0 Å². The predicted molar refractivity (Wildman–Crippen MR) is 133 cm³/mol. The van der Waals surface area contributed by atoms with Gasteiger partial charge in [-0.05, 0) is 41.9 Å². The highest BCUT2D eigenvalue weighted by atomic mass is 32.1. The van der Waals surface area contributed by atoms with Crippen molar-refractivity contribution in [1.82, 2.24) is 9.88 Å². The number of amides is 1. The summed E-state index contributed by atoms with van der Waals surface area (Å²) < 4.78 is 11.1. The second-order valence-corrected chi connectivity index (χ2v) is 11.4. The van der Waals surface area contributed by atoms with Gasteiger partial charge in [-0.25, -0.2) is 9.78 Å². The fourth-order valence-electron chi connectivity index (χ4n) is 5.22. The molecule has 1 aromatic carbocycles. The number of rotatable bonds is 8. The summed E-state index contributed by atoms with van der Waals surface area (Å²) in [6, 6.07) is 4.91. The van der Waals surface area contributed by atoms with Gasteiger partial charge in [0.05, 0.1) is 19.8 Å². The zero-order valence-electron chi connectivity index (χ0n) is 21.1. The fourth-order valence-corrected chi connectivity index (χ4v) is 6.04. The van der Waals surface area contributed by atoms with Gasteiger partial charge in [0, 0.05) is 30.2 Å². The minimum Gasteiger partial charge on any atom is -0.496 e. The quantitative estimate of drug-likeness (QED) is 0.552. The van der Waals surface area contributed by atoms with Crippen LogP contribution in [0.5, 0.6) is 5.75 Å². The number of carboxylic acids is 1. The SMILES string of the molecule is COC[C@@H]1C[C@@](CC(C)C)(C(=O)O)N(C(=O)c2ccc(C(C)(C)C)c(OC)c2)[C@H]1c1nccs1. The first-order valence-electron chi connectivity index (χ1n) is 11.6. The highest BCUT2D eigenvalue weighted by molar-refractivity contribution is 7.09. The number of carbonyl (C=O) groups is 2. The number of likely N-dealkylation sites (tertiary alicyclic amines) is 1. The Hall–Kier alpha value is -2.45. The molecule has 3 rings (SSSR count). The number of nitrogens with zero attached hydrogens (tertiary/aromatic N) is 2. The van der Waals surface area contributed by atoms with Crippen molar-refractivity contribution in [3.05, 3.63) is 45.9 Å². The molecule has 7 nitrogen and oxygen atoms in total. The molecule has 1 saturated heterocycles. The average Bonchev–Trinajstić information content (AvgIpc) is 3.38. The molecule has 8 heteroatoms. The molecule has 2 aromatic rings. The fraction of sp³-hybridized carbons (Fsp3) is 0.577. The summed E-state index contributed by atoms with van der Waals surface area (Å²) in [5.41, 5.74) is -0.149. The highest BCUT2D eigenvalue weighted by Gasteiger charge is 2.59. The molecule has 0 bridgehead atoms. The third-order valence-electron chi connectivity index (χ3n) is 6.49. The van der Waals surface area contributed by atoms with Crippen LogP contribution < -0.4 is 4.74 Å². The maximum Gasteiger partial charge on any atom is 0.329 e. The van der Waals surface area contributed by atoms with Gasteiger partial charge < -0.3 is 19.5 Å². The first kappa shape index (κ1) is 26.2. The van der Waals surface area contributed by atoms with E-state index in [-0.39, 0.29) is 23.2 Å². The lowest BCUT2D eigenvalue weighted by Crippen LogP contribution is -2.54. The van der Waals surface area contributed by atoms with Crippen molar-refractivity contribution in [2.75, 3.05) is 20.8 Å². The number of carboxylic acid groups (broad SMARTS) is 1. The minimum absolute atomic E-state index is 0.0717. The molecule has 1 aliphatic rings. The number of hydrogen-bond acceptors (Lipinski definition) is 6. The summed E-state index contributed by atoms with van der Waals surface area (Å²) in [6.45, 7) is 10.6. The number of aromatic nitrogens is 1. The summed E-state index contributed by atoms with van der Waals surface area (Å²) in [7, 11) is 3.19. The van der Waals surface area contributed by atoms with Crippen molar-refractivity contribution in [2.45, 2.75) is 64.5 Å². The minimum atomic E-state index is -1.36. The molecule has 3 atom stereocenters. The predicted octanol–water partition coefficient (Wildman–Crippen LogP) is 5.17. The van der Waals surface area contributed by atoms with Crippen LogP contribution in [0.2, 0.25) is 0 Å². The van der Waals surface area contributed by atoms with E-state index >= 15 is 0 Å². The lowest BCUT2D eigenvalue weighted by Gasteiger charge is -2.39. The van der Waals surface area contributed by atoms with Crippen molar-refractivity contribution >= 4 is 23.2 Å². The van der Waals surface area contributed by atoms with Crippen molar-refractivity contribution in [1.29, 1.82) is 0 Å². The van der Waals surface area contributed by atoms with E-state index in [9.17, 15) is 14.7 Å². The summed E-state index contributed by atoms with van der Waals surface area (Å²) in [4.78, 5) is 33.1. The Kier molecular flexibility index (Phi) is 7.72. The van der Waals surface area contributed by atoms with Crippen molar-refractivity contribution in [2.24, 2.45) is 11.8 Å². The molecule has 1 aromatic heterocycles. The van der Waals surface area contributed by atoms with Crippen LogP contribution in [-0.2, 0) is 14.9 Å². The third-order valence-corrected chi connectivity index (χ3v) is 7.34. The summed E-state index contributed by atoms with van der Waals surface area (Å²) in [5, 5.41) is 13.1. The Morgan fingerprint density at radius 2 is 2.00 bits per heavy atom. The summed E-state index contributed by atoms with van der Waals surface area (Å²) in [6.07, 6.45) is 2.34. The second-order valence-electron chi connectivity index (χ2n) is 10.5. The summed E-state index contributed by atoms with van der Waals surface area (Å²) in [5.74, 6) is -0.830. The van der Waals surface area contributed by atoms with E-state index in [1.165, 1.54) is 11.3 Å². The van der Waals surface area contributed by atoms with E-state index in [4.69, 9.17) is 9.47 Å². The van der Waals surface area contributed by atoms with Gasteiger partial charge in [0.1, 0.15) is 16.3 Å². The van der Waals surface area contributed by atoms with Crippen LogP contribution in [0, 0.1) is 11.8 Å². The lowest BCUT2D eigenvalue weighted by molar-refractivity contribution is -0.150. The van der Waals surface area contributed by atoms with Gasteiger partial charge in [0.2, 0.25) is 0 Å².